The number of hydrogen-bond donors (Lipinski definition) is 0. The van der Waals surface area contributed by atoms with Crippen molar-refractivity contribution in [3.05, 3.63) is 47.5 Å². The molecule has 0 spiro atoms. The number of methoxy groups -OCH3 is 1. The molecule has 0 radical (unpaired) electrons. The minimum Gasteiger partial charge on any atom is -0.466 e. The van der Waals surface area contributed by atoms with Crippen molar-refractivity contribution in [3.63, 3.8) is 0 Å². The van der Waals surface area contributed by atoms with Gasteiger partial charge in [0.15, 0.2) is 0 Å². The Morgan fingerprint density at radius 3 is 2.88 bits per heavy atom. The third-order valence-corrected chi connectivity index (χ3v) is 2.95. The van der Waals surface area contributed by atoms with Crippen LogP contribution in [0.3, 0.4) is 0 Å². The zero-order valence-electron chi connectivity index (χ0n) is 10.1. The van der Waals surface area contributed by atoms with Crippen molar-refractivity contribution in [2.75, 3.05) is 20.2 Å². The maximum Gasteiger partial charge on any atom is 0.330 e. The number of rotatable bonds is 3. The maximum atomic E-state index is 11.1. The fraction of sp³-hybridized carbons (Fsp3) is 0.357. The number of ether oxygens (including phenoxy) is 1. The first-order chi connectivity index (χ1) is 8.28. The topological polar surface area (TPSA) is 29.5 Å². The van der Waals surface area contributed by atoms with Gasteiger partial charge in [0.05, 0.1) is 7.11 Å². The number of likely N-dealkylation sites (tertiary alicyclic amines) is 1. The normalized spacial score (nSPS) is 18.5. The predicted octanol–water partition coefficient (Wildman–Crippen LogP) is 1.99. The Balaban J connectivity index is 1.90. The van der Waals surface area contributed by atoms with E-state index in [-0.39, 0.29) is 5.97 Å². The molecule has 3 nitrogen and oxygen atoms in total. The molecule has 2 rings (SSSR count). The summed E-state index contributed by atoms with van der Waals surface area (Å²) in [6, 6.07) is 10.4. The van der Waals surface area contributed by atoms with Crippen LogP contribution in [0.1, 0.15) is 12.0 Å². The molecule has 0 unspecified atom stereocenters. The molecule has 1 heterocycles. The molecule has 17 heavy (non-hydrogen) atoms. The van der Waals surface area contributed by atoms with E-state index in [0.717, 1.165) is 31.6 Å². The number of esters is 1. The van der Waals surface area contributed by atoms with Crippen LogP contribution in [0, 0.1) is 0 Å². The fourth-order valence-electron chi connectivity index (χ4n) is 2.07. The van der Waals surface area contributed by atoms with Crippen molar-refractivity contribution in [1.82, 2.24) is 4.90 Å². The van der Waals surface area contributed by atoms with Crippen molar-refractivity contribution < 1.29 is 9.53 Å². The molecular weight excluding hydrogens is 214 g/mol. The standard InChI is InChI=1S/C14H17NO2/c1-17-14(16)9-13-7-8-15(11-13)10-12-5-3-2-4-6-12/h2-6,9H,7-8,10-11H2,1H3. The second-order valence-electron chi connectivity index (χ2n) is 4.27. The molecule has 90 valence electrons. The van der Waals surface area contributed by atoms with Gasteiger partial charge < -0.3 is 4.74 Å². The Morgan fingerprint density at radius 2 is 2.18 bits per heavy atom. The highest BCUT2D eigenvalue weighted by molar-refractivity contribution is 5.82. The van der Waals surface area contributed by atoms with E-state index in [1.807, 2.05) is 6.07 Å². The molecule has 0 saturated carbocycles. The predicted molar refractivity (Wildman–Crippen MR) is 66.4 cm³/mol. The lowest BCUT2D eigenvalue weighted by Crippen LogP contribution is -2.18. The van der Waals surface area contributed by atoms with Crippen LogP contribution in [0.25, 0.3) is 0 Å². The molecule has 1 aliphatic rings. The molecule has 1 saturated heterocycles. The van der Waals surface area contributed by atoms with Gasteiger partial charge in [-0.1, -0.05) is 30.3 Å². The zero-order chi connectivity index (χ0) is 12.1. The molecule has 0 N–H and O–H groups in total. The van der Waals surface area contributed by atoms with Crippen LogP contribution in [-0.4, -0.2) is 31.1 Å². The lowest BCUT2D eigenvalue weighted by atomic mass is 10.2. The van der Waals surface area contributed by atoms with Gasteiger partial charge in [0.1, 0.15) is 0 Å². The van der Waals surface area contributed by atoms with Gasteiger partial charge in [-0.2, -0.15) is 0 Å². The average Bonchev–Trinajstić information content (AvgIpc) is 2.77. The Bertz CT molecular complexity index is 411. The van der Waals surface area contributed by atoms with Crippen LogP contribution in [0.2, 0.25) is 0 Å². The van der Waals surface area contributed by atoms with Gasteiger partial charge in [-0.25, -0.2) is 4.79 Å². The van der Waals surface area contributed by atoms with Crippen molar-refractivity contribution in [2.45, 2.75) is 13.0 Å². The van der Waals surface area contributed by atoms with Crippen molar-refractivity contribution in [3.8, 4) is 0 Å². The second kappa shape index (κ2) is 5.64. The third-order valence-electron chi connectivity index (χ3n) is 2.95. The second-order valence-corrected chi connectivity index (χ2v) is 4.27. The molecule has 3 heteroatoms. The van der Waals surface area contributed by atoms with E-state index in [1.165, 1.54) is 12.7 Å². The summed E-state index contributed by atoms with van der Waals surface area (Å²) in [4.78, 5) is 13.5. The summed E-state index contributed by atoms with van der Waals surface area (Å²) in [5, 5.41) is 0. The molecular formula is C14H17NO2. The summed E-state index contributed by atoms with van der Waals surface area (Å²) >= 11 is 0. The Morgan fingerprint density at radius 1 is 1.41 bits per heavy atom. The lowest BCUT2D eigenvalue weighted by Gasteiger charge is -2.13. The van der Waals surface area contributed by atoms with Crippen LogP contribution in [0.15, 0.2) is 42.0 Å². The van der Waals surface area contributed by atoms with Gasteiger partial charge in [-0.3, -0.25) is 4.90 Å². The smallest absolute Gasteiger partial charge is 0.330 e. The molecule has 1 aliphatic heterocycles. The fourth-order valence-corrected chi connectivity index (χ4v) is 2.07. The molecule has 1 fully saturated rings. The van der Waals surface area contributed by atoms with Crippen LogP contribution < -0.4 is 0 Å². The quantitative estimate of drug-likeness (QED) is 0.588. The molecule has 0 aliphatic carbocycles. The van der Waals surface area contributed by atoms with Gasteiger partial charge in [0.2, 0.25) is 0 Å². The molecule has 1 aromatic carbocycles. The summed E-state index contributed by atoms with van der Waals surface area (Å²) in [5.41, 5.74) is 2.47. The van der Waals surface area contributed by atoms with Crippen LogP contribution in [-0.2, 0) is 16.1 Å². The van der Waals surface area contributed by atoms with Gasteiger partial charge in [0.25, 0.3) is 0 Å². The van der Waals surface area contributed by atoms with Gasteiger partial charge in [0, 0.05) is 25.7 Å². The van der Waals surface area contributed by atoms with Crippen molar-refractivity contribution in [2.24, 2.45) is 0 Å². The third kappa shape index (κ3) is 3.43. The molecule has 1 aromatic rings. The monoisotopic (exact) mass is 231 g/mol. The summed E-state index contributed by atoms with van der Waals surface area (Å²) in [6.45, 7) is 2.82. The Kier molecular flexibility index (Phi) is 3.94. The van der Waals surface area contributed by atoms with Crippen molar-refractivity contribution in [1.29, 1.82) is 0 Å². The van der Waals surface area contributed by atoms with Crippen molar-refractivity contribution >= 4 is 5.97 Å². The van der Waals surface area contributed by atoms with E-state index in [2.05, 4.69) is 33.9 Å². The molecule has 0 bridgehead atoms. The number of benzene rings is 1. The molecule has 0 atom stereocenters. The minimum atomic E-state index is -0.249. The summed E-state index contributed by atoms with van der Waals surface area (Å²) < 4.78 is 4.63. The SMILES string of the molecule is COC(=O)C=C1CCN(Cc2ccccc2)C1. The average molecular weight is 231 g/mol. The summed E-state index contributed by atoms with van der Waals surface area (Å²) in [6.07, 6.45) is 2.58. The first-order valence-electron chi connectivity index (χ1n) is 5.81. The largest absolute Gasteiger partial charge is 0.466 e. The number of carbonyl (C=O) groups is 1. The van der Waals surface area contributed by atoms with E-state index < -0.39 is 0 Å². The van der Waals surface area contributed by atoms with Gasteiger partial charge in [-0.15, -0.1) is 0 Å². The highest BCUT2D eigenvalue weighted by Crippen LogP contribution is 2.17. The molecule has 0 aromatic heterocycles. The minimum absolute atomic E-state index is 0.249. The zero-order valence-corrected chi connectivity index (χ0v) is 10.1. The van der Waals surface area contributed by atoms with E-state index in [0.29, 0.717) is 0 Å². The van der Waals surface area contributed by atoms with Crippen LogP contribution in [0.5, 0.6) is 0 Å². The first-order valence-corrected chi connectivity index (χ1v) is 5.81. The Hall–Kier alpha value is -1.61. The highest BCUT2D eigenvalue weighted by Gasteiger charge is 2.17. The lowest BCUT2D eigenvalue weighted by molar-refractivity contribution is -0.134. The van der Waals surface area contributed by atoms with E-state index in [1.54, 1.807) is 6.08 Å². The van der Waals surface area contributed by atoms with E-state index >= 15 is 0 Å². The summed E-state index contributed by atoms with van der Waals surface area (Å²) in [7, 11) is 1.41. The highest BCUT2D eigenvalue weighted by atomic mass is 16.5. The number of nitrogens with zero attached hydrogens (tertiary/aromatic N) is 1. The maximum absolute atomic E-state index is 11.1. The number of hydrogen-bond acceptors (Lipinski definition) is 3. The van der Waals surface area contributed by atoms with Crippen LogP contribution >= 0.6 is 0 Å². The number of carbonyl (C=O) groups excluding carboxylic acids is 1. The van der Waals surface area contributed by atoms with Gasteiger partial charge >= 0.3 is 5.97 Å². The summed E-state index contributed by atoms with van der Waals surface area (Å²) in [5.74, 6) is -0.249. The van der Waals surface area contributed by atoms with Crippen LogP contribution in [0.4, 0.5) is 0 Å². The van der Waals surface area contributed by atoms with Gasteiger partial charge in [-0.05, 0) is 17.6 Å². The first kappa shape index (κ1) is 11.9. The van der Waals surface area contributed by atoms with E-state index in [9.17, 15) is 4.79 Å². The Labute approximate surface area is 102 Å². The molecule has 0 amide bonds. The van der Waals surface area contributed by atoms with E-state index in [4.69, 9.17) is 0 Å².